The molecule has 284 valence electrons. The summed E-state index contributed by atoms with van der Waals surface area (Å²) in [6.07, 6.45) is 14.1. The van der Waals surface area contributed by atoms with Gasteiger partial charge in [0.15, 0.2) is 0 Å². The highest BCUT2D eigenvalue weighted by molar-refractivity contribution is 6.07. The molecule has 0 amide bonds. The van der Waals surface area contributed by atoms with Gasteiger partial charge < -0.3 is 9.32 Å². The predicted molar refractivity (Wildman–Crippen MR) is 235 cm³/mol. The Morgan fingerprint density at radius 3 is 1.62 bits per heavy atom. The van der Waals surface area contributed by atoms with Crippen LogP contribution in [0.3, 0.4) is 0 Å². The van der Waals surface area contributed by atoms with E-state index < -0.39 is 0 Å². The van der Waals surface area contributed by atoms with Gasteiger partial charge in [-0.1, -0.05) is 84.9 Å². The number of benzene rings is 6. The molecule has 6 aromatic carbocycles. The minimum absolute atomic E-state index is 0.113. The molecule has 17 rings (SSSR count). The summed E-state index contributed by atoms with van der Waals surface area (Å²) < 4.78 is 6.46. The first-order chi connectivity index (χ1) is 28.7. The summed E-state index contributed by atoms with van der Waals surface area (Å²) in [5.74, 6) is 6.62. The molecule has 1 aromatic heterocycles. The van der Waals surface area contributed by atoms with Crippen LogP contribution in [0, 0.1) is 47.3 Å². The highest BCUT2D eigenvalue weighted by Crippen LogP contribution is 2.72. The van der Waals surface area contributed by atoms with Crippen LogP contribution in [0.1, 0.15) is 86.5 Å². The van der Waals surface area contributed by atoms with Gasteiger partial charge >= 0.3 is 0 Å². The van der Waals surface area contributed by atoms with E-state index in [1.54, 1.807) is 22.3 Å². The van der Waals surface area contributed by atoms with Crippen molar-refractivity contribution >= 4 is 39.0 Å². The lowest BCUT2D eigenvalue weighted by molar-refractivity contribution is -0.0399. The third-order valence-corrected chi connectivity index (χ3v) is 18.2. The second-order valence-corrected chi connectivity index (χ2v) is 20.5. The Kier molecular flexibility index (Phi) is 6.01. The van der Waals surface area contributed by atoms with Gasteiger partial charge in [0.1, 0.15) is 11.2 Å². The maximum atomic E-state index is 6.46. The number of para-hydroxylation sites is 1. The Morgan fingerprint density at radius 2 is 0.914 bits per heavy atom. The van der Waals surface area contributed by atoms with Crippen molar-refractivity contribution in [3.8, 4) is 22.3 Å². The molecule has 0 unspecified atom stereocenters. The molecule has 58 heavy (non-hydrogen) atoms. The van der Waals surface area contributed by atoms with Crippen molar-refractivity contribution in [2.75, 3.05) is 4.90 Å². The summed E-state index contributed by atoms with van der Waals surface area (Å²) in [6, 6.07) is 50.0. The fourth-order valence-electron chi connectivity index (χ4n) is 16.9. The van der Waals surface area contributed by atoms with Gasteiger partial charge in [0.25, 0.3) is 0 Å². The van der Waals surface area contributed by atoms with E-state index in [1.165, 1.54) is 114 Å². The minimum Gasteiger partial charge on any atom is -0.456 e. The summed E-state index contributed by atoms with van der Waals surface area (Å²) in [6.45, 7) is 0. The van der Waals surface area contributed by atoms with Crippen LogP contribution in [0.5, 0.6) is 0 Å². The van der Waals surface area contributed by atoms with E-state index in [4.69, 9.17) is 4.42 Å². The molecule has 10 aliphatic carbocycles. The van der Waals surface area contributed by atoms with Crippen LogP contribution in [-0.4, -0.2) is 0 Å². The van der Waals surface area contributed by atoms with E-state index in [-0.39, 0.29) is 10.8 Å². The van der Waals surface area contributed by atoms with Gasteiger partial charge in [-0.05, 0) is 193 Å². The lowest BCUT2D eigenvalue weighted by Crippen LogP contribution is -2.55. The number of anilines is 3. The summed E-state index contributed by atoms with van der Waals surface area (Å²) >= 11 is 0. The third kappa shape index (κ3) is 3.75. The molecule has 2 heteroatoms. The van der Waals surface area contributed by atoms with Gasteiger partial charge in [-0.2, -0.15) is 0 Å². The number of furan rings is 1. The van der Waals surface area contributed by atoms with Gasteiger partial charge in [-0.25, -0.2) is 0 Å². The van der Waals surface area contributed by atoms with Crippen molar-refractivity contribution < 1.29 is 4.42 Å². The smallest absolute Gasteiger partial charge is 0.135 e. The topological polar surface area (TPSA) is 16.4 Å². The maximum absolute atomic E-state index is 6.46. The van der Waals surface area contributed by atoms with Crippen LogP contribution < -0.4 is 4.90 Å². The molecule has 8 fully saturated rings. The molecule has 7 aromatic rings. The van der Waals surface area contributed by atoms with Crippen LogP contribution >= 0.6 is 0 Å². The lowest BCUT2D eigenvalue weighted by Gasteiger charge is -2.61. The van der Waals surface area contributed by atoms with Crippen LogP contribution in [-0.2, 0) is 10.8 Å². The fraction of sp³-hybridized carbons (Fsp3) is 0.357. The van der Waals surface area contributed by atoms with Crippen molar-refractivity contribution in [3.63, 3.8) is 0 Å². The van der Waals surface area contributed by atoms with Gasteiger partial charge in [0.05, 0.1) is 5.69 Å². The molecular formula is C56H49NO. The SMILES string of the molecule is c1ccc2c(c1)-c1ccc(N(c3ccc4oc5ccccc5c4c3)c3cccc4c3-c3ccccc3C43C4CC5CC(C4)CC3C5)cc1C21C2CC3CC(C2)CC1C3. The zero-order valence-corrected chi connectivity index (χ0v) is 33.2. The molecule has 8 saturated carbocycles. The van der Waals surface area contributed by atoms with Crippen molar-refractivity contribution in [2.24, 2.45) is 47.3 Å². The third-order valence-electron chi connectivity index (χ3n) is 18.2. The highest BCUT2D eigenvalue weighted by Gasteiger charge is 2.63. The largest absolute Gasteiger partial charge is 0.456 e. The van der Waals surface area contributed by atoms with E-state index in [0.29, 0.717) is 0 Å². The Hall–Kier alpha value is -5.08. The van der Waals surface area contributed by atoms with Gasteiger partial charge in [-0.15, -0.1) is 0 Å². The van der Waals surface area contributed by atoms with Crippen LogP contribution in [0.4, 0.5) is 17.1 Å². The molecule has 2 nitrogen and oxygen atoms in total. The second kappa shape index (κ2) is 10.9. The Morgan fingerprint density at radius 1 is 0.397 bits per heavy atom. The Labute approximate surface area is 341 Å². The van der Waals surface area contributed by atoms with Crippen molar-refractivity contribution in [1.29, 1.82) is 0 Å². The highest BCUT2D eigenvalue weighted by atomic mass is 16.3. The molecule has 0 radical (unpaired) electrons. The molecular weight excluding hydrogens is 703 g/mol. The summed E-state index contributed by atoms with van der Waals surface area (Å²) in [7, 11) is 0. The molecule has 10 aliphatic rings. The average molecular weight is 752 g/mol. The Bertz CT molecular complexity index is 2850. The van der Waals surface area contributed by atoms with Crippen molar-refractivity contribution in [1.82, 2.24) is 0 Å². The molecule has 0 N–H and O–H groups in total. The second-order valence-electron chi connectivity index (χ2n) is 20.5. The van der Waals surface area contributed by atoms with E-state index in [2.05, 4.69) is 132 Å². The van der Waals surface area contributed by atoms with Crippen LogP contribution in [0.25, 0.3) is 44.2 Å². The fourth-order valence-corrected chi connectivity index (χ4v) is 16.9. The number of rotatable bonds is 3. The number of fused-ring (bicyclic) bond motifs is 9. The molecule has 0 atom stereocenters. The van der Waals surface area contributed by atoms with Crippen molar-refractivity contribution in [2.45, 2.75) is 75.0 Å². The number of nitrogens with zero attached hydrogens (tertiary/aromatic N) is 1. The summed E-state index contributed by atoms with van der Waals surface area (Å²) in [5, 5.41) is 2.38. The first kappa shape index (κ1) is 31.9. The first-order valence-corrected chi connectivity index (χ1v) is 22.9. The molecule has 2 spiro atoms. The quantitative estimate of drug-likeness (QED) is 0.179. The molecule has 1 heterocycles. The van der Waals surface area contributed by atoms with E-state index in [9.17, 15) is 0 Å². The van der Waals surface area contributed by atoms with Crippen LogP contribution in [0.15, 0.2) is 132 Å². The van der Waals surface area contributed by atoms with Gasteiger partial charge in [-0.3, -0.25) is 0 Å². The van der Waals surface area contributed by atoms with Crippen molar-refractivity contribution in [3.05, 3.63) is 150 Å². The van der Waals surface area contributed by atoms with Gasteiger partial charge in [0, 0.05) is 38.5 Å². The number of hydrogen-bond donors (Lipinski definition) is 0. The lowest BCUT2D eigenvalue weighted by atomic mass is 9.43. The van der Waals surface area contributed by atoms with E-state index >= 15 is 0 Å². The monoisotopic (exact) mass is 751 g/mol. The average Bonchev–Trinajstić information content (AvgIpc) is 3.87. The maximum Gasteiger partial charge on any atom is 0.135 e. The summed E-state index contributed by atoms with van der Waals surface area (Å²) in [5.41, 5.74) is 18.4. The molecule has 8 bridgehead atoms. The number of hydrogen-bond acceptors (Lipinski definition) is 2. The predicted octanol–water partition coefficient (Wildman–Crippen LogP) is 14.5. The zero-order chi connectivity index (χ0) is 37.5. The standard InChI is InChI=1S/C56H49NO/c1-4-11-47-42(8-1)43-18-16-41(31-50(43)56(47)38-26-34-21-35(28-38)29-39(56)27-34)57(40-17-19-53-46(30-40)44-9-3-6-15-52(44)58-53)51-14-7-13-49-54(51)45-10-2-5-12-48(45)55(49)36-22-32-20-33(24-36)25-37(55)23-32/h1-19,30-39H,20-29H2. The normalized spacial score (nSPS) is 33.7. The van der Waals surface area contributed by atoms with Gasteiger partial charge in [0.2, 0.25) is 0 Å². The first-order valence-electron chi connectivity index (χ1n) is 22.9. The van der Waals surface area contributed by atoms with E-state index in [1.807, 2.05) is 0 Å². The molecule has 0 aliphatic heterocycles. The zero-order valence-electron chi connectivity index (χ0n) is 33.2. The summed E-state index contributed by atoms with van der Waals surface area (Å²) in [4.78, 5) is 2.68. The Balaban J connectivity index is 0.997. The van der Waals surface area contributed by atoms with Crippen LogP contribution in [0.2, 0.25) is 0 Å². The minimum atomic E-state index is 0.113. The van der Waals surface area contributed by atoms with E-state index in [0.717, 1.165) is 58.5 Å². The molecule has 0 saturated heterocycles.